The highest BCUT2D eigenvalue weighted by Gasteiger charge is 2.11. The molecule has 0 unspecified atom stereocenters. The van der Waals surface area contributed by atoms with E-state index >= 15 is 0 Å². The van der Waals surface area contributed by atoms with Gasteiger partial charge in [0.2, 0.25) is 0 Å². The Balaban J connectivity index is 2.65. The normalized spacial score (nSPS) is 10.9. The van der Waals surface area contributed by atoms with Crippen molar-refractivity contribution in [3.8, 4) is 0 Å². The first-order valence-corrected chi connectivity index (χ1v) is 7.02. The van der Waals surface area contributed by atoms with Crippen LogP contribution in [-0.2, 0) is 0 Å². The van der Waals surface area contributed by atoms with Crippen LogP contribution in [0.3, 0.4) is 0 Å². The molecule has 0 aliphatic heterocycles. The van der Waals surface area contributed by atoms with E-state index in [0.717, 1.165) is 33.4 Å². The minimum absolute atomic E-state index is 0.791. The number of aldehydes is 1. The van der Waals surface area contributed by atoms with Crippen molar-refractivity contribution in [2.45, 2.75) is 4.90 Å². The molecule has 0 aromatic heterocycles. The van der Waals surface area contributed by atoms with Crippen LogP contribution >= 0.6 is 11.8 Å². The molecule has 0 aliphatic rings. The molecule has 0 saturated heterocycles. The molecule has 2 heteroatoms. The van der Waals surface area contributed by atoms with Crippen LogP contribution in [0.1, 0.15) is 10.4 Å². The van der Waals surface area contributed by atoms with Crippen molar-refractivity contribution in [1.29, 1.82) is 0 Å². The van der Waals surface area contributed by atoms with E-state index in [4.69, 9.17) is 0 Å². The zero-order chi connectivity index (χ0) is 12.5. The summed E-state index contributed by atoms with van der Waals surface area (Å²) in [5, 5.41) is 4.39. The van der Waals surface area contributed by atoms with Gasteiger partial charge in [0.15, 0.2) is 6.29 Å². The molecule has 0 spiro atoms. The van der Waals surface area contributed by atoms with Crippen LogP contribution in [0.25, 0.3) is 21.5 Å². The largest absolute Gasteiger partial charge is 0.298 e. The molecule has 0 fully saturated rings. The number of hydrogen-bond acceptors (Lipinski definition) is 2. The molecule has 0 bridgehead atoms. The Hall–Kier alpha value is -1.80. The maximum absolute atomic E-state index is 11.4. The van der Waals surface area contributed by atoms with Crippen LogP contribution < -0.4 is 0 Å². The van der Waals surface area contributed by atoms with Crippen molar-refractivity contribution < 1.29 is 4.79 Å². The molecule has 0 radical (unpaired) electrons. The Morgan fingerprint density at radius 2 is 1.28 bits per heavy atom. The van der Waals surface area contributed by atoms with Gasteiger partial charge in [0.1, 0.15) is 0 Å². The van der Waals surface area contributed by atoms with E-state index in [1.54, 1.807) is 11.8 Å². The predicted molar refractivity (Wildman–Crippen MR) is 78.6 cm³/mol. The molecule has 0 N–H and O–H groups in total. The van der Waals surface area contributed by atoms with Gasteiger partial charge in [-0.15, -0.1) is 11.8 Å². The first-order valence-electron chi connectivity index (χ1n) is 5.79. The standard InChI is InChI=1S/C16H12OS/c1-18-16-13-8-4-2-6-11(13)15(10-17)12-7-3-5-9-14(12)16/h2-10H,1H3. The van der Waals surface area contributed by atoms with Gasteiger partial charge >= 0.3 is 0 Å². The van der Waals surface area contributed by atoms with Crippen LogP contribution in [0, 0.1) is 0 Å². The highest BCUT2D eigenvalue weighted by atomic mass is 32.2. The highest BCUT2D eigenvalue weighted by molar-refractivity contribution is 7.99. The van der Waals surface area contributed by atoms with Crippen LogP contribution in [-0.4, -0.2) is 12.5 Å². The summed E-state index contributed by atoms with van der Waals surface area (Å²) in [5.74, 6) is 0. The predicted octanol–water partition coefficient (Wildman–Crippen LogP) is 4.53. The van der Waals surface area contributed by atoms with E-state index in [1.807, 2.05) is 36.4 Å². The number of fused-ring (bicyclic) bond motifs is 2. The van der Waals surface area contributed by atoms with E-state index in [-0.39, 0.29) is 0 Å². The molecule has 0 saturated carbocycles. The number of rotatable bonds is 2. The smallest absolute Gasteiger partial charge is 0.151 e. The highest BCUT2D eigenvalue weighted by Crippen LogP contribution is 2.36. The van der Waals surface area contributed by atoms with Crippen molar-refractivity contribution in [3.05, 3.63) is 54.1 Å². The molecule has 88 valence electrons. The lowest BCUT2D eigenvalue weighted by Gasteiger charge is -2.11. The first-order chi connectivity index (χ1) is 8.86. The van der Waals surface area contributed by atoms with E-state index in [1.165, 1.54) is 4.90 Å². The third-order valence-electron chi connectivity index (χ3n) is 3.25. The topological polar surface area (TPSA) is 17.1 Å². The second kappa shape index (κ2) is 4.46. The molecule has 0 atom stereocenters. The van der Waals surface area contributed by atoms with E-state index < -0.39 is 0 Å². The summed E-state index contributed by atoms with van der Waals surface area (Å²) >= 11 is 1.73. The number of thioether (sulfide) groups is 1. The van der Waals surface area contributed by atoms with Gasteiger partial charge in [0.05, 0.1) is 0 Å². The van der Waals surface area contributed by atoms with Crippen molar-refractivity contribution in [1.82, 2.24) is 0 Å². The van der Waals surface area contributed by atoms with Gasteiger partial charge in [-0.3, -0.25) is 4.79 Å². The maximum atomic E-state index is 11.4. The summed E-state index contributed by atoms with van der Waals surface area (Å²) in [7, 11) is 0. The third-order valence-corrected chi connectivity index (χ3v) is 4.09. The van der Waals surface area contributed by atoms with Crippen LogP contribution in [0.15, 0.2) is 53.4 Å². The molecule has 3 aromatic rings. The summed E-state index contributed by atoms with van der Waals surface area (Å²) in [6.45, 7) is 0. The Morgan fingerprint density at radius 3 is 1.67 bits per heavy atom. The molecule has 0 aliphatic carbocycles. The zero-order valence-electron chi connectivity index (χ0n) is 10.0. The van der Waals surface area contributed by atoms with Gasteiger partial charge in [0, 0.05) is 10.5 Å². The van der Waals surface area contributed by atoms with E-state index in [0.29, 0.717) is 0 Å². The van der Waals surface area contributed by atoms with Crippen LogP contribution in [0.5, 0.6) is 0 Å². The van der Waals surface area contributed by atoms with Gasteiger partial charge in [0.25, 0.3) is 0 Å². The van der Waals surface area contributed by atoms with Crippen LogP contribution in [0.2, 0.25) is 0 Å². The summed E-state index contributed by atoms with van der Waals surface area (Å²) in [5.41, 5.74) is 0.791. The summed E-state index contributed by atoms with van der Waals surface area (Å²) < 4.78 is 0. The Labute approximate surface area is 110 Å². The molecule has 0 heterocycles. The number of carbonyl (C=O) groups excluding carboxylic acids is 1. The lowest BCUT2D eigenvalue weighted by atomic mass is 9.97. The molecule has 18 heavy (non-hydrogen) atoms. The third kappa shape index (κ3) is 1.53. The Bertz CT molecular complexity index is 690. The summed E-state index contributed by atoms with van der Waals surface area (Å²) in [6.07, 6.45) is 3.05. The average molecular weight is 252 g/mol. The maximum Gasteiger partial charge on any atom is 0.151 e. The minimum atomic E-state index is 0.791. The fourth-order valence-corrected chi connectivity index (χ4v) is 3.26. The molecular formula is C16H12OS. The van der Waals surface area contributed by atoms with Crippen molar-refractivity contribution in [2.24, 2.45) is 0 Å². The zero-order valence-corrected chi connectivity index (χ0v) is 10.8. The quantitative estimate of drug-likeness (QED) is 0.379. The lowest BCUT2D eigenvalue weighted by molar-refractivity contribution is 0.112. The van der Waals surface area contributed by atoms with Gasteiger partial charge in [-0.2, -0.15) is 0 Å². The molecule has 3 aromatic carbocycles. The van der Waals surface area contributed by atoms with Crippen molar-refractivity contribution in [2.75, 3.05) is 6.26 Å². The fraction of sp³-hybridized carbons (Fsp3) is 0.0625. The average Bonchev–Trinajstić information content (AvgIpc) is 2.44. The van der Waals surface area contributed by atoms with Gasteiger partial charge in [-0.25, -0.2) is 0 Å². The van der Waals surface area contributed by atoms with Crippen molar-refractivity contribution in [3.63, 3.8) is 0 Å². The number of benzene rings is 3. The molecule has 3 rings (SSSR count). The first kappa shape index (κ1) is 11.3. The Kier molecular flexibility index (Phi) is 2.80. The summed E-state index contributed by atoms with van der Waals surface area (Å²) in [4.78, 5) is 12.7. The Morgan fingerprint density at radius 1 is 0.833 bits per heavy atom. The van der Waals surface area contributed by atoms with E-state index in [2.05, 4.69) is 18.4 Å². The minimum Gasteiger partial charge on any atom is -0.298 e. The van der Waals surface area contributed by atoms with Gasteiger partial charge in [-0.1, -0.05) is 48.5 Å². The van der Waals surface area contributed by atoms with Crippen molar-refractivity contribution >= 4 is 39.6 Å². The second-order valence-corrected chi connectivity index (χ2v) is 4.97. The molecule has 0 amide bonds. The van der Waals surface area contributed by atoms with Gasteiger partial charge in [-0.05, 0) is 27.8 Å². The van der Waals surface area contributed by atoms with Gasteiger partial charge < -0.3 is 0 Å². The summed E-state index contributed by atoms with van der Waals surface area (Å²) in [6, 6.07) is 16.2. The SMILES string of the molecule is CSc1c2ccccc2c(C=O)c2ccccc12. The molecular weight excluding hydrogens is 240 g/mol. The molecule has 1 nitrogen and oxygen atoms in total. The number of carbonyl (C=O) groups is 1. The fourth-order valence-electron chi connectivity index (χ4n) is 2.47. The second-order valence-electron chi connectivity index (χ2n) is 4.16. The monoisotopic (exact) mass is 252 g/mol. The lowest BCUT2D eigenvalue weighted by Crippen LogP contribution is -1.90. The number of hydrogen-bond donors (Lipinski definition) is 0. The van der Waals surface area contributed by atoms with Crippen LogP contribution in [0.4, 0.5) is 0 Å². The van der Waals surface area contributed by atoms with E-state index in [9.17, 15) is 4.79 Å².